The summed E-state index contributed by atoms with van der Waals surface area (Å²) in [5, 5.41) is 0.181. The molecule has 0 fully saturated rings. The van der Waals surface area contributed by atoms with E-state index in [-0.39, 0.29) is 10.6 Å². The van der Waals surface area contributed by atoms with Gasteiger partial charge in [0.05, 0.1) is 0 Å². The largest absolute Gasteiger partial charge is 0.543 e. The smallest absolute Gasteiger partial charge is 0.250 e. The molecule has 1 aromatic rings. The molecule has 2 nitrogen and oxygen atoms in total. The van der Waals surface area contributed by atoms with Crippen molar-refractivity contribution in [1.82, 2.24) is 0 Å². The SMILES string of the molecule is CCCC/C(C)=C/CC/C(C)=C/CC[C@]1(C)CCc2c(C)c(O[Si](C)(C)C(C)(C)C)c(C)c(C)c2O1. The Morgan fingerprint density at radius 3 is 2.19 bits per heavy atom. The molecule has 3 heteroatoms. The Labute approximate surface area is 225 Å². The lowest BCUT2D eigenvalue weighted by Crippen LogP contribution is -2.44. The summed E-state index contributed by atoms with van der Waals surface area (Å²) in [6, 6.07) is 0. The molecule has 1 heterocycles. The van der Waals surface area contributed by atoms with Crippen molar-refractivity contribution in [3.05, 3.63) is 45.6 Å². The average Bonchev–Trinajstić information content (AvgIpc) is 2.78. The lowest BCUT2D eigenvalue weighted by Gasteiger charge is -2.41. The van der Waals surface area contributed by atoms with Gasteiger partial charge in [0.2, 0.25) is 0 Å². The third-order valence-corrected chi connectivity index (χ3v) is 13.2. The van der Waals surface area contributed by atoms with E-state index < -0.39 is 8.32 Å². The first-order valence-corrected chi connectivity index (χ1v) is 17.3. The van der Waals surface area contributed by atoms with E-state index in [1.165, 1.54) is 53.5 Å². The highest BCUT2D eigenvalue weighted by atomic mass is 28.4. The summed E-state index contributed by atoms with van der Waals surface area (Å²) >= 11 is 0. The average molecular weight is 513 g/mol. The standard InChI is InChI=1S/C33H56O2Si/c1-13-14-17-24(2)18-15-19-25(3)20-16-22-33(10)23-21-29-28(6)30(26(4)27(5)31(29)34-33)35-36(11,12)32(7,8)9/h18,20H,13-17,19,21-23H2,1-12H3/b24-18+,25-20+/t33-/m1/s1. The number of hydrogen-bond donors (Lipinski definition) is 0. The van der Waals surface area contributed by atoms with Crippen LogP contribution in [0.1, 0.15) is 122 Å². The van der Waals surface area contributed by atoms with Crippen LogP contribution < -0.4 is 9.16 Å². The second-order valence-corrected chi connectivity index (χ2v) is 17.9. The summed E-state index contributed by atoms with van der Waals surface area (Å²) in [5.41, 5.74) is 8.10. The van der Waals surface area contributed by atoms with Gasteiger partial charge >= 0.3 is 0 Å². The van der Waals surface area contributed by atoms with Gasteiger partial charge in [-0.3, -0.25) is 0 Å². The zero-order valence-corrected chi connectivity index (χ0v) is 26.8. The molecule has 0 N–H and O–H groups in total. The van der Waals surface area contributed by atoms with Crippen LogP contribution in [0.25, 0.3) is 0 Å². The maximum atomic E-state index is 6.86. The molecule has 1 aromatic carbocycles. The normalized spacial score (nSPS) is 19.2. The minimum absolute atomic E-state index is 0.105. The zero-order chi connectivity index (χ0) is 27.3. The third kappa shape index (κ3) is 7.76. The summed E-state index contributed by atoms with van der Waals surface area (Å²) < 4.78 is 13.7. The fourth-order valence-corrected chi connectivity index (χ4v) is 5.97. The minimum Gasteiger partial charge on any atom is -0.543 e. The highest BCUT2D eigenvalue weighted by molar-refractivity contribution is 6.74. The lowest BCUT2D eigenvalue weighted by molar-refractivity contribution is 0.0559. The predicted octanol–water partition coefficient (Wildman–Crippen LogP) is 10.7. The molecular weight excluding hydrogens is 456 g/mol. The Balaban J connectivity index is 2.09. The topological polar surface area (TPSA) is 18.5 Å². The van der Waals surface area contributed by atoms with E-state index in [0.717, 1.165) is 43.6 Å². The van der Waals surface area contributed by atoms with Gasteiger partial charge in [0, 0.05) is 5.56 Å². The number of ether oxygens (including phenoxy) is 1. The van der Waals surface area contributed by atoms with Crippen LogP contribution >= 0.6 is 0 Å². The Morgan fingerprint density at radius 1 is 0.972 bits per heavy atom. The van der Waals surface area contributed by atoms with Crippen molar-refractivity contribution in [2.75, 3.05) is 0 Å². The third-order valence-electron chi connectivity index (χ3n) is 8.85. The van der Waals surface area contributed by atoms with E-state index in [1.54, 1.807) is 5.57 Å². The van der Waals surface area contributed by atoms with Gasteiger partial charge in [-0.15, -0.1) is 0 Å². The van der Waals surface area contributed by atoms with Gasteiger partial charge in [-0.05, 0) is 128 Å². The van der Waals surface area contributed by atoms with E-state index in [0.29, 0.717) is 0 Å². The molecule has 1 aliphatic rings. The number of unbranched alkanes of at least 4 members (excludes halogenated alkanes) is 1. The van der Waals surface area contributed by atoms with Crippen molar-refractivity contribution in [2.24, 2.45) is 0 Å². The van der Waals surface area contributed by atoms with Gasteiger partial charge in [-0.25, -0.2) is 0 Å². The van der Waals surface area contributed by atoms with Crippen LogP contribution in [-0.4, -0.2) is 13.9 Å². The molecule has 0 aromatic heterocycles. The van der Waals surface area contributed by atoms with Gasteiger partial charge in [0.15, 0.2) is 0 Å². The molecule has 2 rings (SSSR count). The van der Waals surface area contributed by atoms with Crippen molar-refractivity contribution in [3.63, 3.8) is 0 Å². The maximum absolute atomic E-state index is 6.86. The van der Waals surface area contributed by atoms with E-state index in [2.05, 4.69) is 94.5 Å². The van der Waals surface area contributed by atoms with Crippen molar-refractivity contribution in [1.29, 1.82) is 0 Å². The molecule has 0 saturated heterocycles. The molecule has 0 bridgehead atoms. The molecule has 0 amide bonds. The summed E-state index contributed by atoms with van der Waals surface area (Å²) in [6.07, 6.45) is 15.3. The van der Waals surface area contributed by atoms with E-state index in [1.807, 2.05) is 0 Å². The van der Waals surface area contributed by atoms with Gasteiger partial charge in [0.1, 0.15) is 17.1 Å². The number of fused-ring (bicyclic) bond motifs is 1. The Kier molecular flexibility index (Phi) is 10.6. The summed E-state index contributed by atoms with van der Waals surface area (Å²) in [6.45, 7) is 27.4. The number of benzene rings is 1. The van der Waals surface area contributed by atoms with Gasteiger partial charge in [-0.2, -0.15) is 0 Å². The Bertz CT molecular complexity index is 961. The molecule has 36 heavy (non-hydrogen) atoms. The van der Waals surface area contributed by atoms with Crippen molar-refractivity contribution in [3.8, 4) is 11.5 Å². The lowest BCUT2D eigenvalue weighted by atomic mass is 9.85. The van der Waals surface area contributed by atoms with Crippen LogP contribution in [0.15, 0.2) is 23.3 Å². The monoisotopic (exact) mass is 512 g/mol. The Morgan fingerprint density at radius 2 is 1.58 bits per heavy atom. The van der Waals surface area contributed by atoms with Crippen molar-refractivity contribution >= 4 is 8.32 Å². The number of rotatable bonds is 11. The van der Waals surface area contributed by atoms with Crippen LogP contribution in [0, 0.1) is 20.8 Å². The van der Waals surface area contributed by atoms with Crippen LogP contribution in [0.4, 0.5) is 0 Å². The second-order valence-electron chi connectivity index (χ2n) is 13.2. The van der Waals surface area contributed by atoms with Gasteiger partial charge in [-0.1, -0.05) is 57.4 Å². The molecule has 1 aliphatic heterocycles. The van der Waals surface area contributed by atoms with E-state index in [4.69, 9.17) is 9.16 Å². The first kappa shape index (κ1) is 30.7. The fourth-order valence-electron chi connectivity index (χ4n) is 4.85. The molecule has 204 valence electrons. The van der Waals surface area contributed by atoms with Crippen LogP contribution in [0.2, 0.25) is 18.1 Å². The van der Waals surface area contributed by atoms with Crippen LogP contribution in [-0.2, 0) is 6.42 Å². The highest BCUT2D eigenvalue weighted by Gasteiger charge is 2.41. The van der Waals surface area contributed by atoms with Crippen LogP contribution in [0.3, 0.4) is 0 Å². The van der Waals surface area contributed by atoms with Crippen LogP contribution in [0.5, 0.6) is 11.5 Å². The second kappa shape index (κ2) is 12.4. The van der Waals surface area contributed by atoms with E-state index >= 15 is 0 Å². The molecule has 1 atom stereocenters. The fraction of sp³-hybridized carbons (Fsp3) is 0.697. The minimum atomic E-state index is -1.91. The molecule has 0 radical (unpaired) electrons. The van der Waals surface area contributed by atoms with Gasteiger partial charge in [0.25, 0.3) is 8.32 Å². The maximum Gasteiger partial charge on any atom is 0.250 e. The first-order chi connectivity index (χ1) is 16.6. The number of allylic oxidation sites excluding steroid dienone is 4. The van der Waals surface area contributed by atoms with Gasteiger partial charge < -0.3 is 9.16 Å². The quantitative estimate of drug-likeness (QED) is 0.217. The summed E-state index contributed by atoms with van der Waals surface area (Å²) in [7, 11) is -1.91. The van der Waals surface area contributed by atoms with E-state index in [9.17, 15) is 0 Å². The van der Waals surface area contributed by atoms with Crippen molar-refractivity contribution < 1.29 is 9.16 Å². The zero-order valence-electron chi connectivity index (χ0n) is 25.8. The molecular formula is C33H56O2Si. The predicted molar refractivity (Wildman–Crippen MR) is 161 cm³/mol. The van der Waals surface area contributed by atoms with Crippen molar-refractivity contribution in [2.45, 2.75) is 151 Å². The molecule has 0 spiro atoms. The summed E-state index contributed by atoms with van der Waals surface area (Å²) in [5.74, 6) is 2.23. The molecule has 0 unspecified atom stereocenters. The molecule has 0 aliphatic carbocycles. The highest BCUT2D eigenvalue weighted by Crippen LogP contribution is 2.47. The first-order valence-electron chi connectivity index (χ1n) is 14.4. The number of hydrogen-bond acceptors (Lipinski definition) is 2. The molecule has 0 saturated carbocycles. The summed E-state index contributed by atoms with van der Waals surface area (Å²) in [4.78, 5) is 0. The Hall–Kier alpha value is -1.48.